The zero-order chi connectivity index (χ0) is 14.7. The first kappa shape index (κ1) is 16.2. The van der Waals surface area contributed by atoms with E-state index in [0.29, 0.717) is 0 Å². The van der Waals surface area contributed by atoms with E-state index in [1.165, 1.54) is 0 Å². The molecule has 0 saturated carbocycles. The van der Waals surface area contributed by atoms with Gasteiger partial charge < -0.3 is 23.8 Å². The summed E-state index contributed by atoms with van der Waals surface area (Å²) in [7, 11) is -2.91. The number of nitrogens with zero attached hydrogens (tertiary/aromatic N) is 3. The van der Waals surface area contributed by atoms with Gasteiger partial charge in [0.1, 0.15) is 0 Å². The molecule has 0 bridgehead atoms. The molecule has 1 rings (SSSR count). The van der Waals surface area contributed by atoms with Crippen LogP contribution in [0.1, 0.15) is 0 Å². The fourth-order valence-corrected chi connectivity index (χ4v) is 3.00. The van der Waals surface area contributed by atoms with Crippen LogP contribution in [0, 0.1) is 0 Å². The Morgan fingerprint density at radius 1 is 0.789 bits per heavy atom. The number of nitrogens with two attached hydrogens (primary N) is 1. The van der Waals surface area contributed by atoms with Crippen molar-refractivity contribution in [1.82, 2.24) is 15.0 Å². The lowest BCUT2D eigenvalue weighted by molar-refractivity contribution is 0.284. The lowest BCUT2D eigenvalue weighted by Crippen LogP contribution is -2.29. The summed E-state index contributed by atoms with van der Waals surface area (Å²) < 4.78 is 43.1. The fourth-order valence-electron chi connectivity index (χ4n) is 1.09. The monoisotopic (exact) mass is 312 g/mol. The molecule has 0 aliphatic rings. The Morgan fingerprint density at radius 3 is 1.37 bits per heavy atom. The lowest BCUT2D eigenvalue weighted by Gasteiger charge is -2.15. The second-order valence-electron chi connectivity index (χ2n) is 3.02. The molecule has 0 aliphatic heterocycles. The van der Waals surface area contributed by atoms with Gasteiger partial charge in [-0.2, -0.15) is 15.0 Å². The Bertz CT molecular complexity index is 492. The summed E-state index contributed by atoms with van der Waals surface area (Å²) in [5.41, 5.74) is 4.68. The maximum absolute atomic E-state index is 12.1. The van der Waals surface area contributed by atoms with E-state index in [-0.39, 0.29) is 17.1 Å². The molecule has 0 fully saturated rings. The Balaban J connectivity index is 3.45. The molecule has 0 saturated heterocycles. The van der Waals surface area contributed by atoms with E-state index in [1.54, 1.807) is 0 Å². The third-order valence-corrected chi connectivity index (χ3v) is 5.38. The number of hydrogen-bond donors (Lipinski definition) is 1. The molecule has 0 aliphatic carbocycles. The van der Waals surface area contributed by atoms with Gasteiger partial charge in [0.25, 0.3) is 0 Å². The summed E-state index contributed by atoms with van der Waals surface area (Å²) in [6.45, 7) is 0. The van der Waals surface area contributed by atoms with E-state index >= 15 is 0 Å². The molecule has 12 heteroatoms. The van der Waals surface area contributed by atoms with Crippen molar-refractivity contribution in [3.05, 3.63) is 0 Å². The third-order valence-electron chi connectivity index (χ3n) is 2.08. The van der Waals surface area contributed by atoms with Crippen LogP contribution in [0.25, 0.3) is 0 Å². The summed E-state index contributed by atoms with van der Waals surface area (Å²) in [5, 5.41) is 0. The first-order valence-electron chi connectivity index (χ1n) is 4.81. The second-order valence-corrected chi connectivity index (χ2v) is 7.27. The summed E-state index contributed by atoms with van der Waals surface area (Å²) in [6.07, 6.45) is 0. The molecular weight excluding hydrogens is 298 g/mol. The van der Waals surface area contributed by atoms with Gasteiger partial charge in [-0.15, -0.1) is 0 Å². The summed E-state index contributed by atoms with van der Waals surface area (Å²) in [4.78, 5) is 11.0. The summed E-state index contributed by atoms with van der Waals surface area (Å²) in [5.74, 6) is -0.316. The van der Waals surface area contributed by atoms with E-state index < -0.39 is 15.2 Å². The van der Waals surface area contributed by atoms with Gasteiger partial charge in [-0.3, -0.25) is 9.13 Å². The molecule has 1 aromatic heterocycles. The highest BCUT2D eigenvalue weighted by molar-refractivity contribution is 7.62. The molecule has 1 aromatic rings. The van der Waals surface area contributed by atoms with Crippen molar-refractivity contribution in [1.29, 1.82) is 0 Å². The van der Waals surface area contributed by atoms with Gasteiger partial charge in [0.15, 0.2) is 0 Å². The highest BCUT2D eigenvalue weighted by Crippen LogP contribution is 2.46. The van der Waals surface area contributed by atoms with Crippen molar-refractivity contribution in [3.8, 4) is 0 Å². The minimum Gasteiger partial charge on any atom is -0.368 e. The van der Waals surface area contributed by atoms with Crippen molar-refractivity contribution < 1.29 is 27.2 Å². The van der Waals surface area contributed by atoms with E-state index in [2.05, 4.69) is 15.0 Å². The van der Waals surface area contributed by atoms with Crippen molar-refractivity contribution in [2.45, 2.75) is 0 Å². The number of rotatable bonds is 6. The quantitative estimate of drug-likeness (QED) is 0.695. The predicted octanol–water partition coefficient (Wildman–Crippen LogP) is -0.324. The minimum atomic E-state index is -3.75. The smallest absolute Gasteiger partial charge is 0.368 e. The molecule has 0 radical (unpaired) electrons. The zero-order valence-electron chi connectivity index (χ0n) is 10.8. The average molecular weight is 312 g/mol. The van der Waals surface area contributed by atoms with Gasteiger partial charge in [-0.25, -0.2) is 0 Å². The van der Waals surface area contributed by atoms with Crippen LogP contribution < -0.4 is 16.9 Å². The van der Waals surface area contributed by atoms with E-state index in [1.807, 2.05) is 0 Å². The van der Waals surface area contributed by atoms with Crippen LogP contribution >= 0.6 is 15.2 Å². The Labute approximate surface area is 109 Å². The van der Waals surface area contributed by atoms with Crippen LogP contribution in [0.5, 0.6) is 0 Å². The van der Waals surface area contributed by atoms with E-state index in [0.717, 1.165) is 28.4 Å². The lowest BCUT2D eigenvalue weighted by atomic mass is 11.0. The highest BCUT2D eigenvalue weighted by Gasteiger charge is 2.35. The normalized spacial score (nSPS) is 12.6. The summed E-state index contributed by atoms with van der Waals surface area (Å²) >= 11 is 0. The van der Waals surface area contributed by atoms with Crippen LogP contribution in [0.3, 0.4) is 0 Å². The second kappa shape index (κ2) is 6.04. The van der Waals surface area contributed by atoms with Crippen LogP contribution in [0.2, 0.25) is 0 Å². The third kappa shape index (κ3) is 3.17. The standard InChI is InChI=1S/C7H14N4O6P2/c1-14-18(12,15-2)6-9-5(8)10-7(11-6)19(13,16-3)17-4/h1-4H3,(H2,8,9,10,11). The molecule has 19 heavy (non-hydrogen) atoms. The molecule has 0 unspecified atom stereocenters. The molecule has 0 aromatic carbocycles. The van der Waals surface area contributed by atoms with Gasteiger partial charge in [0.2, 0.25) is 17.1 Å². The Hall–Kier alpha value is -0.890. The number of anilines is 1. The SMILES string of the molecule is COP(=O)(OC)c1nc(N)nc(P(=O)(OC)OC)n1. The largest absolute Gasteiger partial charge is 0.398 e. The van der Waals surface area contributed by atoms with Gasteiger partial charge in [0.05, 0.1) is 0 Å². The Kier molecular flexibility index (Phi) is 5.14. The van der Waals surface area contributed by atoms with Crippen LogP contribution in [-0.4, -0.2) is 43.4 Å². The molecule has 0 spiro atoms. The highest BCUT2D eigenvalue weighted by atomic mass is 31.2. The first-order valence-corrected chi connectivity index (χ1v) is 7.89. The van der Waals surface area contributed by atoms with Gasteiger partial charge in [-0.1, -0.05) is 0 Å². The van der Waals surface area contributed by atoms with Gasteiger partial charge >= 0.3 is 15.2 Å². The maximum Gasteiger partial charge on any atom is 0.398 e. The average Bonchev–Trinajstić information content (AvgIpc) is 2.44. The topological polar surface area (TPSA) is 136 Å². The maximum atomic E-state index is 12.1. The van der Waals surface area contributed by atoms with Crippen LogP contribution in [0.4, 0.5) is 5.95 Å². The fraction of sp³-hybridized carbons (Fsp3) is 0.571. The number of nitrogen functional groups attached to an aromatic ring is 1. The predicted molar refractivity (Wildman–Crippen MR) is 66.8 cm³/mol. The molecular formula is C7H14N4O6P2. The van der Waals surface area contributed by atoms with E-state index in [4.69, 9.17) is 23.8 Å². The number of aromatic nitrogens is 3. The van der Waals surface area contributed by atoms with Crippen molar-refractivity contribution in [2.24, 2.45) is 0 Å². The zero-order valence-corrected chi connectivity index (χ0v) is 12.6. The summed E-state index contributed by atoms with van der Waals surface area (Å²) in [6, 6.07) is 0. The van der Waals surface area contributed by atoms with Crippen molar-refractivity contribution >= 4 is 32.3 Å². The molecule has 1 heterocycles. The van der Waals surface area contributed by atoms with Crippen LogP contribution in [0.15, 0.2) is 0 Å². The van der Waals surface area contributed by atoms with Gasteiger partial charge in [-0.05, 0) is 0 Å². The molecule has 2 N–H and O–H groups in total. The van der Waals surface area contributed by atoms with Gasteiger partial charge in [0, 0.05) is 28.4 Å². The van der Waals surface area contributed by atoms with E-state index in [9.17, 15) is 9.13 Å². The molecule has 0 atom stereocenters. The number of hydrogen-bond acceptors (Lipinski definition) is 10. The van der Waals surface area contributed by atoms with Crippen molar-refractivity contribution in [3.63, 3.8) is 0 Å². The Morgan fingerprint density at radius 2 is 1.11 bits per heavy atom. The van der Waals surface area contributed by atoms with Crippen LogP contribution in [-0.2, 0) is 27.2 Å². The first-order chi connectivity index (χ1) is 8.85. The van der Waals surface area contributed by atoms with Crippen molar-refractivity contribution in [2.75, 3.05) is 34.2 Å². The molecule has 108 valence electrons. The molecule has 10 nitrogen and oxygen atoms in total. The minimum absolute atomic E-state index is 0.316. The molecule has 0 amide bonds.